The van der Waals surface area contributed by atoms with Crippen molar-refractivity contribution in [1.82, 2.24) is 20.4 Å². The summed E-state index contributed by atoms with van der Waals surface area (Å²) < 4.78 is 21.9. The average Bonchev–Trinajstić information content (AvgIpc) is 3.31. The number of hydrogen-bond acceptors (Lipinski definition) is 6. The molecule has 0 radical (unpaired) electrons. The number of fused-ring (bicyclic) bond motifs is 1. The van der Waals surface area contributed by atoms with E-state index in [1.165, 1.54) is 18.2 Å². The van der Waals surface area contributed by atoms with Gasteiger partial charge in [-0.2, -0.15) is 5.10 Å². The largest absolute Gasteiger partial charge is 0.457 e. The van der Waals surface area contributed by atoms with E-state index in [1.807, 2.05) is 64.1 Å². The minimum absolute atomic E-state index is 0.00805. The van der Waals surface area contributed by atoms with E-state index in [1.54, 1.807) is 23.0 Å². The van der Waals surface area contributed by atoms with Crippen molar-refractivity contribution in [3.05, 3.63) is 95.6 Å². The van der Waals surface area contributed by atoms with Crippen LogP contribution >= 0.6 is 0 Å². The van der Waals surface area contributed by atoms with Crippen molar-refractivity contribution in [2.75, 3.05) is 6.61 Å². The fourth-order valence-electron chi connectivity index (χ4n) is 3.87. The molecule has 1 aromatic heterocycles. The van der Waals surface area contributed by atoms with Crippen LogP contribution in [0.4, 0.5) is 14.9 Å². The third-order valence-electron chi connectivity index (χ3n) is 6.30. The Balaban J connectivity index is 1.50. The van der Waals surface area contributed by atoms with Gasteiger partial charge in [0.05, 0.1) is 30.6 Å². The van der Waals surface area contributed by atoms with Crippen molar-refractivity contribution in [2.45, 2.75) is 40.8 Å². The summed E-state index contributed by atoms with van der Waals surface area (Å²) in [6, 6.07) is 16.6. The van der Waals surface area contributed by atoms with Gasteiger partial charge in [-0.25, -0.2) is 14.2 Å². The first kappa shape index (κ1) is 29.3. The number of carbonyl (C=O) groups is 1. The van der Waals surface area contributed by atoms with Crippen molar-refractivity contribution < 1.29 is 19.0 Å². The summed E-state index contributed by atoms with van der Waals surface area (Å²) in [5, 5.41) is 19.8. The van der Waals surface area contributed by atoms with Gasteiger partial charge < -0.3 is 20.9 Å². The Kier molecular flexibility index (Phi) is 9.04. The number of urea groups is 1. The Labute approximate surface area is 238 Å². The number of aliphatic imine (C=N–C) groups is 1. The first-order chi connectivity index (χ1) is 19.5. The van der Waals surface area contributed by atoms with Crippen molar-refractivity contribution in [3.8, 4) is 11.5 Å². The van der Waals surface area contributed by atoms with Gasteiger partial charge in [0, 0.05) is 34.7 Å². The number of aliphatic hydroxyl groups excluding tert-OH is 1. The number of halogens is 1. The van der Waals surface area contributed by atoms with Crippen LogP contribution < -0.4 is 21.1 Å². The SMILES string of the molecule is Cc1ccc(N=C(C=C(N)C(C)(C)C)NC(=O)NCc2cc(F)ccc2Oc2ccc3c(cnn3CCO)c2)cc1. The zero-order valence-electron chi connectivity index (χ0n) is 23.6. The van der Waals surface area contributed by atoms with Crippen LogP contribution in [-0.4, -0.2) is 33.4 Å². The molecule has 3 aromatic carbocycles. The van der Waals surface area contributed by atoms with Crippen molar-refractivity contribution in [3.63, 3.8) is 0 Å². The molecule has 0 aliphatic carbocycles. The topological polar surface area (TPSA) is 127 Å². The molecule has 0 bridgehead atoms. The third kappa shape index (κ3) is 7.92. The highest BCUT2D eigenvalue weighted by molar-refractivity contribution is 6.05. The van der Waals surface area contributed by atoms with E-state index in [-0.39, 0.29) is 24.4 Å². The predicted octanol–water partition coefficient (Wildman–Crippen LogP) is 5.69. The number of amides is 2. The minimum atomic E-state index is -0.540. The average molecular weight is 559 g/mol. The molecule has 0 fully saturated rings. The van der Waals surface area contributed by atoms with Crippen molar-refractivity contribution in [2.24, 2.45) is 16.1 Å². The van der Waals surface area contributed by atoms with Crippen LogP contribution in [-0.2, 0) is 13.1 Å². The Morgan fingerprint density at radius 1 is 1.15 bits per heavy atom. The molecule has 1 heterocycles. The van der Waals surface area contributed by atoms with Crippen molar-refractivity contribution in [1.29, 1.82) is 0 Å². The Morgan fingerprint density at radius 3 is 2.61 bits per heavy atom. The number of aromatic nitrogens is 2. The summed E-state index contributed by atoms with van der Waals surface area (Å²) in [7, 11) is 0. The fourth-order valence-corrected chi connectivity index (χ4v) is 3.87. The Bertz CT molecular complexity index is 1590. The van der Waals surface area contributed by atoms with Crippen LogP contribution in [0.1, 0.15) is 31.9 Å². The van der Waals surface area contributed by atoms with Gasteiger partial charge in [-0.1, -0.05) is 38.5 Å². The number of aryl methyl sites for hydroxylation is 1. The molecular formula is C31H35FN6O3. The van der Waals surface area contributed by atoms with E-state index >= 15 is 0 Å². The first-order valence-electron chi connectivity index (χ1n) is 13.2. The molecule has 4 rings (SSSR count). The lowest BCUT2D eigenvalue weighted by atomic mass is 9.92. The highest BCUT2D eigenvalue weighted by atomic mass is 19.1. The van der Waals surface area contributed by atoms with Gasteiger partial charge in [0.1, 0.15) is 23.2 Å². The molecular weight excluding hydrogens is 523 g/mol. The number of allylic oxidation sites excluding steroid dienone is 1. The second-order valence-corrected chi connectivity index (χ2v) is 10.7. The monoisotopic (exact) mass is 558 g/mol. The standard InChI is InChI=1S/C31H35FN6O3/c1-20-5-8-24(9-6-20)36-29(17-28(33)31(2,3)4)37-30(40)34-18-22-15-23(32)7-12-27(22)41-25-10-11-26-21(16-25)19-35-38(26)13-14-39/h5-12,15-17,19,39H,13-14,18,33H2,1-4H3,(H2,34,36,37,40). The molecule has 41 heavy (non-hydrogen) atoms. The predicted molar refractivity (Wildman–Crippen MR) is 159 cm³/mol. The van der Waals surface area contributed by atoms with E-state index in [9.17, 15) is 14.3 Å². The fraction of sp³-hybridized carbons (Fsp3) is 0.258. The molecule has 4 aromatic rings. The number of nitrogens with two attached hydrogens (primary N) is 1. The number of carbonyl (C=O) groups excluding carboxylic acids is 1. The first-order valence-corrected chi connectivity index (χ1v) is 13.2. The smallest absolute Gasteiger partial charge is 0.320 e. The van der Waals surface area contributed by atoms with Crippen LogP contribution in [0.3, 0.4) is 0 Å². The summed E-state index contributed by atoms with van der Waals surface area (Å²) in [6.07, 6.45) is 3.32. The van der Waals surface area contributed by atoms with Gasteiger partial charge in [0.15, 0.2) is 0 Å². The summed E-state index contributed by atoms with van der Waals surface area (Å²) in [5.74, 6) is 0.718. The number of benzene rings is 3. The number of ether oxygens (including phenoxy) is 1. The van der Waals surface area contributed by atoms with E-state index in [2.05, 4.69) is 20.7 Å². The molecule has 5 N–H and O–H groups in total. The van der Waals surface area contributed by atoms with Crippen LogP contribution in [0.25, 0.3) is 10.9 Å². The van der Waals surface area contributed by atoms with E-state index in [0.29, 0.717) is 35.0 Å². The van der Waals surface area contributed by atoms with E-state index < -0.39 is 11.8 Å². The minimum Gasteiger partial charge on any atom is -0.457 e. The maximum absolute atomic E-state index is 14.2. The molecule has 0 saturated heterocycles. The molecule has 214 valence electrons. The van der Waals surface area contributed by atoms with Gasteiger partial charge in [0.2, 0.25) is 0 Å². The number of hydrogen-bond donors (Lipinski definition) is 4. The molecule has 0 aliphatic rings. The second kappa shape index (κ2) is 12.6. The zero-order chi connectivity index (χ0) is 29.6. The van der Waals surface area contributed by atoms with Gasteiger partial charge in [0.25, 0.3) is 0 Å². The lowest BCUT2D eigenvalue weighted by Crippen LogP contribution is -2.39. The molecule has 0 saturated carbocycles. The summed E-state index contributed by atoms with van der Waals surface area (Å²) in [6.45, 7) is 8.23. The highest BCUT2D eigenvalue weighted by Crippen LogP contribution is 2.29. The Morgan fingerprint density at radius 2 is 1.90 bits per heavy atom. The molecule has 0 spiro atoms. The molecule has 9 nitrogen and oxygen atoms in total. The maximum Gasteiger partial charge on any atom is 0.320 e. The van der Waals surface area contributed by atoms with Crippen molar-refractivity contribution >= 4 is 28.5 Å². The Hall–Kier alpha value is -4.70. The number of nitrogens with one attached hydrogen (secondary N) is 2. The highest BCUT2D eigenvalue weighted by Gasteiger charge is 2.16. The summed E-state index contributed by atoms with van der Waals surface area (Å²) >= 11 is 0. The van der Waals surface area contributed by atoms with Crippen LogP contribution in [0.15, 0.2) is 83.6 Å². The number of aliphatic hydroxyl groups is 1. The van der Waals surface area contributed by atoms with Gasteiger partial charge in [-0.05, 0) is 55.5 Å². The molecule has 0 aliphatic heterocycles. The van der Waals surface area contributed by atoms with E-state index in [0.717, 1.165) is 16.5 Å². The lowest BCUT2D eigenvalue weighted by Gasteiger charge is -2.19. The number of nitrogens with zero attached hydrogens (tertiary/aromatic N) is 3. The van der Waals surface area contributed by atoms with Gasteiger partial charge >= 0.3 is 6.03 Å². The number of amidine groups is 1. The second-order valence-electron chi connectivity index (χ2n) is 10.7. The number of rotatable bonds is 8. The summed E-state index contributed by atoms with van der Waals surface area (Å²) in [4.78, 5) is 17.5. The van der Waals surface area contributed by atoms with Gasteiger partial charge in [-0.15, -0.1) is 0 Å². The molecule has 2 amide bonds. The normalized spacial score (nSPS) is 12.4. The molecule has 10 heteroatoms. The zero-order valence-corrected chi connectivity index (χ0v) is 23.6. The van der Waals surface area contributed by atoms with E-state index in [4.69, 9.17) is 10.5 Å². The summed E-state index contributed by atoms with van der Waals surface area (Å²) in [5.41, 5.74) is 9.52. The van der Waals surface area contributed by atoms with Crippen LogP contribution in [0, 0.1) is 18.2 Å². The molecule has 0 unspecified atom stereocenters. The quantitative estimate of drug-likeness (QED) is 0.163. The lowest BCUT2D eigenvalue weighted by molar-refractivity contribution is 0.245. The van der Waals surface area contributed by atoms with Crippen LogP contribution in [0.2, 0.25) is 0 Å². The van der Waals surface area contributed by atoms with Crippen LogP contribution in [0.5, 0.6) is 11.5 Å². The maximum atomic E-state index is 14.2. The third-order valence-corrected chi connectivity index (χ3v) is 6.30. The van der Waals surface area contributed by atoms with Gasteiger partial charge in [-0.3, -0.25) is 10.00 Å². The molecule has 0 atom stereocenters.